The van der Waals surface area contributed by atoms with Crippen molar-refractivity contribution in [2.75, 3.05) is 0 Å². The molecule has 0 unspecified atom stereocenters. The minimum atomic E-state index is -0.187. The van der Waals surface area contributed by atoms with Crippen LogP contribution in [-0.4, -0.2) is 54.9 Å². The Bertz CT molecular complexity index is 809. The number of fused-ring (bicyclic) bond motifs is 4. The zero-order valence-corrected chi connectivity index (χ0v) is 17.6. The van der Waals surface area contributed by atoms with Gasteiger partial charge >= 0.3 is 0 Å². The molecular weight excluding hydrogens is 396 g/mol. The topological polar surface area (TPSA) is 55.4 Å². The van der Waals surface area contributed by atoms with E-state index in [0.717, 1.165) is 37.7 Å². The largest absolute Gasteiger partial charge is 0.496 e. The second kappa shape index (κ2) is 8.58. The summed E-state index contributed by atoms with van der Waals surface area (Å²) in [5.74, 6) is 0. The molecule has 6 heteroatoms. The van der Waals surface area contributed by atoms with E-state index in [1.54, 1.807) is 6.26 Å². The van der Waals surface area contributed by atoms with Crippen LogP contribution in [0.15, 0.2) is 55.0 Å². The van der Waals surface area contributed by atoms with Crippen molar-refractivity contribution < 1.29 is 28.4 Å². The first-order chi connectivity index (χ1) is 15.3. The molecule has 0 aromatic heterocycles. The lowest BCUT2D eigenvalue weighted by Crippen LogP contribution is -2.67. The first-order valence-electron chi connectivity index (χ1n) is 11.6. The Kier molecular flexibility index (Phi) is 5.48. The zero-order valence-electron chi connectivity index (χ0n) is 17.6. The number of hydrogen-bond donors (Lipinski definition) is 0. The Morgan fingerprint density at radius 1 is 0.742 bits per heavy atom. The highest BCUT2D eigenvalue weighted by molar-refractivity contribution is 5.14. The fourth-order valence-corrected chi connectivity index (χ4v) is 5.57. The summed E-state index contributed by atoms with van der Waals surface area (Å²) >= 11 is 0. The molecule has 3 saturated heterocycles. The van der Waals surface area contributed by atoms with Crippen LogP contribution in [-0.2, 0) is 35.0 Å². The van der Waals surface area contributed by atoms with E-state index >= 15 is 0 Å². The lowest BCUT2D eigenvalue weighted by Gasteiger charge is -2.54. The van der Waals surface area contributed by atoms with Crippen molar-refractivity contribution in [3.8, 4) is 0 Å². The molecule has 5 aliphatic heterocycles. The van der Waals surface area contributed by atoms with Gasteiger partial charge in [0.05, 0.1) is 43.5 Å². The SMILES string of the molecule is C1=CO[C@H]2C[C@H]3O[C@H]4C[C@H]5OC=CC[C@@H]5O[C@@H]4[C@@H](OCc4ccccc4)[C@@H]3O[C@@H]2CC1. The van der Waals surface area contributed by atoms with Crippen molar-refractivity contribution in [3.63, 3.8) is 0 Å². The molecule has 5 aliphatic rings. The number of ether oxygens (including phenoxy) is 6. The third-order valence-corrected chi connectivity index (χ3v) is 7.12. The van der Waals surface area contributed by atoms with Gasteiger partial charge in [0.2, 0.25) is 0 Å². The molecule has 0 spiro atoms. The van der Waals surface area contributed by atoms with Crippen molar-refractivity contribution in [1.82, 2.24) is 0 Å². The summed E-state index contributed by atoms with van der Waals surface area (Å²) in [5, 5.41) is 0. The van der Waals surface area contributed by atoms with Crippen LogP contribution in [0.3, 0.4) is 0 Å². The van der Waals surface area contributed by atoms with E-state index in [1.165, 1.54) is 0 Å². The average Bonchev–Trinajstić information content (AvgIpc) is 3.05. The first kappa shape index (κ1) is 19.8. The van der Waals surface area contributed by atoms with Gasteiger partial charge in [0.15, 0.2) is 0 Å². The van der Waals surface area contributed by atoms with Crippen molar-refractivity contribution in [1.29, 1.82) is 0 Å². The van der Waals surface area contributed by atoms with E-state index in [2.05, 4.69) is 18.2 Å². The molecule has 6 nitrogen and oxygen atoms in total. The van der Waals surface area contributed by atoms with Gasteiger partial charge in [-0.3, -0.25) is 0 Å². The van der Waals surface area contributed by atoms with E-state index in [-0.39, 0.29) is 54.9 Å². The molecule has 0 saturated carbocycles. The Balaban J connectivity index is 1.25. The average molecular weight is 427 g/mol. The molecule has 0 aliphatic carbocycles. The van der Waals surface area contributed by atoms with Crippen LogP contribution in [0.2, 0.25) is 0 Å². The van der Waals surface area contributed by atoms with Gasteiger partial charge in [-0.2, -0.15) is 0 Å². The smallest absolute Gasteiger partial charge is 0.127 e. The minimum absolute atomic E-state index is 0.0254. The van der Waals surface area contributed by atoms with Gasteiger partial charge < -0.3 is 28.4 Å². The van der Waals surface area contributed by atoms with Crippen molar-refractivity contribution >= 4 is 0 Å². The third-order valence-electron chi connectivity index (χ3n) is 7.12. The molecule has 9 atom stereocenters. The predicted octanol–water partition coefficient (Wildman–Crippen LogP) is 3.65. The van der Waals surface area contributed by atoms with Gasteiger partial charge in [0.1, 0.15) is 30.5 Å². The second-order valence-electron chi connectivity index (χ2n) is 9.13. The van der Waals surface area contributed by atoms with E-state index in [4.69, 9.17) is 28.4 Å². The summed E-state index contributed by atoms with van der Waals surface area (Å²) in [6, 6.07) is 10.3. The van der Waals surface area contributed by atoms with Crippen LogP contribution in [0.4, 0.5) is 0 Å². The van der Waals surface area contributed by atoms with Crippen LogP contribution in [0.1, 0.15) is 37.7 Å². The standard InChI is InChI=1S/C25H30O6/c1-2-7-16(8-3-1)15-28-25-23-21(13-19-17(30-23)9-4-5-11-26-19)29-22-14-20-18(31-24(22)25)10-6-12-27-20/h1-3,5-8,11-12,17-25H,4,9-10,13-15H2/t17-,18+,19+,20-,21-,22+,23-,24+,25+/m1/s1. The van der Waals surface area contributed by atoms with Crippen LogP contribution in [0.5, 0.6) is 0 Å². The molecule has 6 rings (SSSR count). The van der Waals surface area contributed by atoms with Gasteiger partial charge in [-0.25, -0.2) is 0 Å². The van der Waals surface area contributed by atoms with Crippen molar-refractivity contribution in [3.05, 3.63) is 60.6 Å². The number of hydrogen-bond acceptors (Lipinski definition) is 6. The zero-order chi connectivity index (χ0) is 20.6. The normalized spacial score (nSPS) is 43.3. The quantitative estimate of drug-likeness (QED) is 0.736. The lowest BCUT2D eigenvalue weighted by atomic mass is 9.83. The lowest BCUT2D eigenvalue weighted by molar-refractivity contribution is -0.323. The minimum Gasteiger partial charge on any atom is -0.496 e. The fraction of sp³-hybridized carbons (Fsp3) is 0.600. The molecule has 166 valence electrons. The van der Waals surface area contributed by atoms with E-state index < -0.39 is 0 Å². The van der Waals surface area contributed by atoms with Crippen molar-refractivity contribution in [2.24, 2.45) is 0 Å². The summed E-state index contributed by atoms with van der Waals surface area (Å²) < 4.78 is 38.1. The summed E-state index contributed by atoms with van der Waals surface area (Å²) in [5.41, 5.74) is 1.15. The molecule has 0 N–H and O–H groups in total. The number of benzene rings is 1. The van der Waals surface area contributed by atoms with Crippen LogP contribution >= 0.6 is 0 Å². The van der Waals surface area contributed by atoms with Gasteiger partial charge in [-0.05, 0) is 37.0 Å². The van der Waals surface area contributed by atoms with E-state index in [0.29, 0.717) is 6.61 Å². The number of allylic oxidation sites excluding steroid dienone is 1. The van der Waals surface area contributed by atoms with Crippen LogP contribution < -0.4 is 0 Å². The molecule has 0 amide bonds. The maximum atomic E-state index is 6.62. The van der Waals surface area contributed by atoms with E-state index in [1.807, 2.05) is 30.5 Å². The Labute approximate surface area is 183 Å². The van der Waals surface area contributed by atoms with Gasteiger partial charge in [0, 0.05) is 12.8 Å². The van der Waals surface area contributed by atoms with Crippen LogP contribution in [0, 0.1) is 0 Å². The summed E-state index contributed by atoms with van der Waals surface area (Å²) in [7, 11) is 0. The molecule has 3 fully saturated rings. The monoisotopic (exact) mass is 426 g/mol. The molecule has 0 radical (unpaired) electrons. The maximum Gasteiger partial charge on any atom is 0.127 e. The second-order valence-corrected chi connectivity index (χ2v) is 9.13. The van der Waals surface area contributed by atoms with Crippen molar-refractivity contribution in [2.45, 2.75) is 93.6 Å². The highest BCUT2D eigenvalue weighted by Crippen LogP contribution is 2.42. The van der Waals surface area contributed by atoms with Crippen LogP contribution in [0.25, 0.3) is 0 Å². The highest BCUT2D eigenvalue weighted by Gasteiger charge is 2.56. The maximum absolute atomic E-state index is 6.62. The third kappa shape index (κ3) is 3.91. The molecule has 1 aromatic carbocycles. The molecule has 31 heavy (non-hydrogen) atoms. The predicted molar refractivity (Wildman–Crippen MR) is 112 cm³/mol. The number of rotatable bonds is 3. The molecule has 0 bridgehead atoms. The molecule has 5 heterocycles. The fourth-order valence-electron chi connectivity index (χ4n) is 5.57. The van der Waals surface area contributed by atoms with Gasteiger partial charge in [-0.1, -0.05) is 30.3 Å². The highest BCUT2D eigenvalue weighted by atomic mass is 16.6. The van der Waals surface area contributed by atoms with Gasteiger partial charge in [0.25, 0.3) is 0 Å². The van der Waals surface area contributed by atoms with Gasteiger partial charge in [-0.15, -0.1) is 0 Å². The Morgan fingerprint density at radius 2 is 1.45 bits per heavy atom. The van der Waals surface area contributed by atoms with E-state index in [9.17, 15) is 0 Å². The summed E-state index contributed by atoms with van der Waals surface area (Å²) in [6.07, 6.45) is 11.6. The summed E-state index contributed by atoms with van der Waals surface area (Å²) in [4.78, 5) is 0. The molecule has 1 aromatic rings. The first-order valence-corrected chi connectivity index (χ1v) is 11.6. The Hall–Kier alpha value is -1.86. The molecular formula is C25H30O6. The Morgan fingerprint density at radius 3 is 2.26 bits per heavy atom. The summed E-state index contributed by atoms with van der Waals surface area (Å²) in [6.45, 7) is 0.529.